The highest BCUT2D eigenvalue weighted by Crippen LogP contribution is 2.17. The number of oxime groups is 1. The summed E-state index contributed by atoms with van der Waals surface area (Å²) < 4.78 is 5.99. The molecule has 0 bridgehead atoms. The Hall–Kier alpha value is -0.770. The molecular formula is C14H26N2O2. The Labute approximate surface area is 110 Å². The van der Waals surface area contributed by atoms with Crippen LogP contribution in [0.4, 0.5) is 0 Å². The summed E-state index contributed by atoms with van der Waals surface area (Å²) in [6.07, 6.45) is 6.44. The first-order valence-corrected chi connectivity index (χ1v) is 7.38. The van der Waals surface area contributed by atoms with Crippen LogP contribution < -0.4 is 0 Å². The molecule has 4 nitrogen and oxygen atoms in total. The Morgan fingerprint density at radius 2 is 2.11 bits per heavy atom. The second-order valence-corrected chi connectivity index (χ2v) is 5.52. The van der Waals surface area contributed by atoms with Crippen molar-refractivity contribution in [1.29, 1.82) is 0 Å². The van der Waals surface area contributed by atoms with Gasteiger partial charge in [0.2, 0.25) is 5.90 Å². The van der Waals surface area contributed by atoms with E-state index in [1.807, 2.05) is 0 Å². The summed E-state index contributed by atoms with van der Waals surface area (Å²) in [4.78, 5) is 7.83. The molecule has 2 heterocycles. The zero-order valence-electron chi connectivity index (χ0n) is 11.7. The third-order valence-corrected chi connectivity index (χ3v) is 3.76. The summed E-state index contributed by atoms with van der Waals surface area (Å²) in [5, 5.41) is 4.07. The van der Waals surface area contributed by atoms with Crippen LogP contribution in [0, 0.1) is 5.92 Å². The lowest BCUT2D eigenvalue weighted by Crippen LogP contribution is -2.42. The predicted octanol–water partition coefficient (Wildman–Crippen LogP) is 2.64. The lowest BCUT2D eigenvalue weighted by Gasteiger charge is -2.32. The minimum atomic E-state index is 0.162. The Balaban J connectivity index is 1.79. The van der Waals surface area contributed by atoms with Crippen LogP contribution in [0.1, 0.15) is 46.0 Å². The fourth-order valence-electron chi connectivity index (χ4n) is 2.69. The Morgan fingerprint density at radius 3 is 2.83 bits per heavy atom. The molecule has 18 heavy (non-hydrogen) atoms. The number of hydrogen-bond acceptors (Lipinski definition) is 4. The van der Waals surface area contributed by atoms with Crippen LogP contribution in [0.5, 0.6) is 0 Å². The normalized spacial score (nSPS) is 27.0. The molecule has 2 aliphatic heterocycles. The van der Waals surface area contributed by atoms with Gasteiger partial charge in [0, 0.05) is 12.5 Å². The molecule has 0 N–H and O–H groups in total. The van der Waals surface area contributed by atoms with Gasteiger partial charge in [0.25, 0.3) is 0 Å². The van der Waals surface area contributed by atoms with E-state index in [1.165, 1.54) is 32.4 Å². The van der Waals surface area contributed by atoms with Gasteiger partial charge in [-0.15, -0.1) is 0 Å². The molecule has 2 aliphatic rings. The zero-order valence-corrected chi connectivity index (χ0v) is 11.7. The Morgan fingerprint density at radius 1 is 1.33 bits per heavy atom. The van der Waals surface area contributed by atoms with Crippen molar-refractivity contribution in [3.05, 3.63) is 0 Å². The smallest absolute Gasteiger partial charge is 0.228 e. The van der Waals surface area contributed by atoms with Gasteiger partial charge < -0.3 is 9.57 Å². The first-order valence-electron chi connectivity index (χ1n) is 7.38. The highest BCUT2D eigenvalue weighted by atomic mass is 16.7. The lowest BCUT2D eigenvalue weighted by molar-refractivity contribution is -0.0150. The third kappa shape index (κ3) is 3.87. The fraction of sp³-hybridized carbons (Fsp3) is 0.929. The second-order valence-electron chi connectivity index (χ2n) is 5.52. The average molecular weight is 254 g/mol. The van der Waals surface area contributed by atoms with Crippen molar-refractivity contribution in [2.75, 3.05) is 26.2 Å². The molecular weight excluding hydrogens is 228 g/mol. The monoisotopic (exact) mass is 254 g/mol. The molecule has 0 amide bonds. The van der Waals surface area contributed by atoms with E-state index in [4.69, 9.17) is 9.57 Å². The number of likely N-dealkylation sites (tertiary alicyclic amines) is 1. The van der Waals surface area contributed by atoms with Crippen LogP contribution in [0.15, 0.2) is 5.16 Å². The molecule has 0 aromatic carbocycles. The molecule has 0 aromatic heterocycles. The van der Waals surface area contributed by atoms with E-state index in [2.05, 4.69) is 23.9 Å². The summed E-state index contributed by atoms with van der Waals surface area (Å²) in [5.41, 5.74) is 0. The van der Waals surface area contributed by atoms with Crippen LogP contribution >= 0.6 is 0 Å². The minimum Gasteiger partial charge on any atom is -0.470 e. The van der Waals surface area contributed by atoms with Crippen molar-refractivity contribution < 1.29 is 9.57 Å². The molecule has 0 radical (unpaired) electrons. The van der Waals surface area contributed by atoms with E-state index in [0.29, 0.717) is 12.5 Å². The molecule has 1 fully saturated rings. The van der Waals surface area contributed by atoms with Crippen molar-refractivity contribution in [2.24, 2.45) is 11.1 Å². The summed E-state index contributed by atoms with van der Waals surface area (Å²) in [7, 11) is 0. The summed E-state index contributed by atoms with van der Waals surface area (Å²) in [6, 6.07) is 0. The van der Waals surface area contributed by atoms with Crippen LogP contribution in [0.25, 0.3) is 0 Å². The fourth-order valence-corrected chi connectivity index (χ4v) is 2.69. The van der Waals surface area contributed by atoms with Gasteiger partial charge in [-0.05, 0) is 32.4 Å². The molecule has 0 spiro atoms. The van der Waals surface area contributed by atoms with Crippen molar-refractivity contribution in [1.82, 2.24) is 4.90 Å². The van der Waals surface area contributed by atoms with E-state index in [1.54, 1.807) is 0 Å². The minimum absolute atomic E-state index is 0.162. The standard InChI is InChI=1S/C14H26N2O2/c1-3-7-12(2)14-15-17-11-13(18-14)10-16-8-5-4-6-9-16/h12-13H,3-11H2,1-2H3. The highest BCUT2D eigenvalue weighted by Gasteiger charge is 2.25. The van der Waals surface area contributed by atoms with Crippen LogP contribution in [0.3, 0.4) is 0 Å². The molecule has 1 saturated heterocycles. The van der Waals surface area contributed by atoms with E-state index in [-0.39, 0.29) is 6.10 Å². The van der Waals surface area contributed by atoms with E-state index in [9.17, 15) is 0 Å². The third-order valence-electron chi connectivity index (χ3n) is 3.76. The molecule has 2 atom stereocenters. The molecule has 0 saturated carbocycles. The van der Waals surface area contributed by atoms with Gasteiger partial charge in [-0.25, -0.2) is 0 Å². The average Bonchev–Trinajstić information content (AvgIpc) is 2.40. The van der Waals surface area contributed by atoms with Gasteiger partial charge in [-0.3, -0.25) is 4.90 Å². The maximum absolute atomic E-state index is 5.99. The van der Waals surface area contributed by atoms with Gasteiger partial charge in [-0.1, -0.05) is 31.8 Å². The number of piperidine rings is 1. The number of ether oxygens (including phenoxy) is 1. The SMILES string of the molecule is CCCC(C)C1=NOCC(CN2CCCCC2)O1. The summed E-state index contributed by atoms with van der Waals surface area (Å²) in [6.45, 7) is 8.34. The topological polar surface area (TPSA) is 34.1 Å². The Kier molecular flexibility index (Phi) is 5.29. The van der Waals surface area contributed by atoms with E-state index >= 15 is 0 Å². The quantitative estimate of drug-likeness (QED) is 0.756. The van der Waals surface area contributed by atoms with E-state index in [0.717, 1.165) is 25.3 Å². The van der Waals surface area contributed by atoms with Gasteiger partial charge in [0.15, 0.2) is 6.61 Å². The van der Waals surface area contributed by atoms with Crippen molar-refractivity contribution >= 4 is 5.90 Å². The van der Waals surface area contributed by atoms with Gasteiger partial charge >= 0.3 is 0 Å². The Bertz CT molecular complexity index is 275. The van der Waals surface area contributed by atoms with Crippen molar-refractivity contribution in [3.8, 4) is 0 Å². The van der Waals surface area contributed by atoms with E-state index < -0.39 is 0 Å². The summed E-state index contributed by atoms with van der Waals surface area (Å²) >= 11 is 0. The first-order chi connectivity index (χ1) is 8.79. The largest absolute Gasteiger partial charge is 0.470 e. The molecule has 2 unspecified atom stereocenters. The van der Waals surface area contributed by atoms with Crippen molar-refractivity contribution in [3.63, 3.8) is 0 Å². The lowest BCUT2D eigenvalue weighted by atomic mass is 10.1. The van der Waals surface area contributed by atoms with Crippen LogP contribution in [-0.4, -0.2) is 43.1 Å². The van der Waals surface area contributed by atoms with Crippen LogP contribution in [0.2, 0.25) is 0 Å². The molecule has 4 heteroatoms. The summed E-state index contributed by atoms with van der Waals surface area (Å²) in [5.74, 6) is 1.17. The maximum Gasteiger partial charge on any atom is 0.228 e. The van der Waals surface area contributed by atoms with Crippen LogP contribution in [-0.2, 0) is 9.57 Å². The number of rotatable bonds is 5. The highest BCUT2D eigenvalue weighted by molar-refractivity contribution is 5.78. The van der Waals surface area contributed by atoms with Gasteiger partial charge in [0.1, 0.15) is 6.10 Å². The molecule has 0 aliphatic carbocycles. The first kappa shape index (κ1) is 13.7. The predicted molar refractivity (Wildman–Crippen MR) is 72.6 cm³/mol. The van der Waals surface area contributed by atoms with Gasteiger partial charge in [0.05, 0.1) is 0 Å². The molecule has 2 rings (SSSR count). The zero-order chi connectivity index (χ0) is 12.8. The van der Waals surface area contributed by atoms with Gasteiger partial charge in [-0.2, -0.15) is 0 Å². The van der Waals surface area contributed by atoms with Crippen molar-refractivity contribution in [2.45, 2.75) is 52.1 Å². The maximum atomic E-state index is 5.99. The molecule has 0 aromatic rings. The second kappa shape index (κ2) is 6.98. The molecule has 104 valence electrons. The number of hydrogen-bond donors (Lipinski definition) is 0. The number of nitrogens with zero attached hydrogens (tertiary/aromatic N) is 2.